The summed E-state index contributed by atoms with van der Waals surface area (Å²) in [5.41, 5.74) is 7.02. The molecule has 0 spiro atoms. The Kier molecular flexibility index (Phi) is 6.69. The van der Waals surface area contributed by atoms with Crippen molar-refractivity contribution in [2.45, 2.75) is 27.7 Å². The Hall–Kier alpha value is -1.55. The Bertz CT molecular complexity index is 460. The van der Waals surface area contributed by atoms with Gasteiger partial charge in [-0.05, 0) is 30.0 Å². The van der Waals surface area contributed by atoms with Gasteiger partial charge in [0.1, 0.15) is 5.75 Å². The number of hydrogen-bond acceptors (Lipinski definition) is 4. The molecular formula is C17H28N2O2. The number of ketones is 1. The van der Waals surface area contributed by atoms with E-state index >= 15 is 0 Å². The van der Waals surface area contributed by atoms with Crippen LogP contribution in [-0.4, -0.2) is 37.4 Å². The topological polar surface area (TPSA) is 55.6 Å². The highest BCUT2D eigenvalue weighted by atomic mass is 16.5. The average molecular weight is 292 g/mol. The molecule has 0 saturated heterocycles. The van der Waals surface area contributed by atoms with Gasteiger partial charge in [0, 0.05) is 18.7 Å². The summed E-state index contributed by atoms with van der Waals surface area (Å²) in [4.78, 5) is 14.7. The van der Waals surface area contributed by atoms with E-state index in [1.807, 2.05) is 0 Å². The van der Waals surface area contributed by atoms with Crippen molar-refractivity contribution in [2.75, 3.05) is 32.5 Å². The Morgan fingerprint density at radius 2 is 1.76 bits per heavy atom. The average Bonchev–Trinajstić information content (AvgIpc) is 2.36. The third kappa shape index (κ3) is 5.76. The molecule has 0 aliphatic rings. The second-order valence-corrected chi connectivity index (χ2v) is 6.36. The number of nitrogen functional groups attached to an aromatic ring is 1. The highest BCUT2D eigenvalue weighted by Crippen LogP contribution is 2.22. The third-order valence-electron chi connectivity index (χ3n) is 3.17. The minimum Gasteiger partial charge on any atom is -0.495 e. The van der Waals surface area contributed by atoms with E-state index in [0.717, 1.165) is 13.1 Å². The smallest absolute Gasteiger partial charge is 0.176 e. The Balaban J connectivity index is 2.78. The van der Waals surface area contributed by atoms with Crippen molar-refractivity contribution >= 4 is 11.5 Å². The van der Waals surface area contributed by atoms with Crippen molar-refractivity contribution in [2.24, 2.45) is 11.8 Å². The zero-order valence-electron chi connectivity index (χ0n) is 13.8. The van der Waals surface area contributed by atoms with Crippen LogP contribution in [0.4, 0.5) is 5.69 Å². The van der Waals surface area contributed by atoms with Crippen molar-refractivity contribution < 1.29 is 9.53 Å². The van der Waals surface area contributed by atoms with E-state index in [2.05, 4.69) is 32.6 Å². The molecule has 1 aromatic carbocycles. The Labute approximate surface area is 128 Å². The highest BCUT2D eigenvalue weighted by molar-refractivity contribution is 5.98. The number of ether oxygens (including phenoxy) is 1. The van der Waals surface area contributed by atoms with Crippen molar-refractivity contribution in [3.05, 3.63) is 23.8 Å². The molecule has 1 aromatic rings. The summed E-state index contributed by atoms with van der Waals surface area (Å²) in [7, 11) is 1.57. The second kappa shape index (κ2) is 8.03. The molecule has 118 valence electrons. The van der Waals surface area contributed by atoms with E-state index in [-0.39, 0.29) is 5.78 Å². The van der Waals surface area contributed by atoms with Gasteiger partial charge in [-0.1, -0.05) is 27.7 Å². The van der Waals surface area contributed by atoms with E-state index < -0.39 is 0 Å². The molecule has 4 nitrogen and oxygen atoms in total. The molecule has 0 unspecified atom stereocenters. The van der Waals surface area contributed by atoms with Crippen LogP contribution in [0.1, 0.15) is 38.1 Å². The molecule has 0 aliphatic heterocycles. The number of nitrogens with zero attached hydrogens (tertiary/aromatic N) is 1. The van der Waals surface area contributed by atoms with Crippen molar-refractivity contribution in [3.8, 4) is 5.75 Å². The molecule has 0 atom stereocenters. The molecule has 0 fully saturated rings. The SMILES string of the molecule is COc1ccc(C(=O)CN(CC(C)C)CC(C)C)cc1N. The van der Waals surface area contributed by atoms with Crippen LogP contribution in [0.15, 0.2) is 18.2 Å². The number of carbonyl (C=O) groups is 1. The monoisotopic (exact) mass is 292 g/mol. The molecule has 0 aliphatic carbocycles. The lowest BCUT2D eigenvalue weighted by Gasteiger charge is -2.25. The molecule has 0 heterocycles. The van der Waals surface area contributed by atoms with Gasteiger partial charge >= 0.3 is 0 Å². The molecule has 1 rings (SSSR count). The summed E-state index contributed by atoms with van der Waals surface area (Å²) in [6.45, 7) is 11.0. The third-order valence-corrected chi connectivity index (χ3v) is 3.17. The van der Waals surface area contributed by atoms with Crippen LogP contribution in [0, 0.1) is 11.8 Å². The van der Waals surface area contributed by atoms with E-state index in [0.29, 0.717) is 35.4 Å². The number of hydrogen-bond donors (Lipinski definition) is 1. The summed E-state index contributed by atoms with van der Waals surface area (Å²) in [5.74, 6) is 1.79. The second-order valence-electron chi connectivity index (χ2n) is 6.36. The lowest BCUT2D eigenvalue weighted by Crippen LogP contribution is -2.35. The first kappa shape index (κ1) is 17.5. The van der Waals surface area contributed by atoms with Crippen LogP contribution in [-0.2, 0) is 0 Å². The molecule has 0 aromatic heterocycles. The van der Waals surface area contributed by atoms with Crippen LogP contribution >= 0.6 is 0 Å². The lowest BCUT2D eigenvalue weighted by atomic mass is 10.1. The quantitative estimate of drug-likeness (QED) is 0.591. The van der Waals surface area contributed by atoms with Gasteiger partial charge in [-0.2, -0.15) is 0 Å². The minimum absolute atomic E-state index is 0.102. The van der Waals surface area contributed by atoms with Gasteiger partial charge in [0.15, 0.2) is 5.78 Å². The maximum atomic E-state index is 12.4. The van der Waals surface area contributed by atoms with E-state index in [1.165, 1.54) is 0 Å². The van der Waals surface area contributed by atoms with Gasteiger partial charge in [0.25, 0.3) is 0 Å². The number of methoxy groups -OCH3 is 1. The van der Waals surface area contributed by atoms with Gasteiger partial charge in [0.05, 0.1) is 19.3 Å². The van der Waals surface area contributed by atoms with Crippen molar-refractivity contribution in [1.29, 1.82) is 0 Å². The molecule has 0 bridgehead atoms. The molecule has 4 heteroatoms. The fourth-order valence-corrected chi connectivity index (χ4v) is 2.44. The minimum atomic E-state index is 0.102. The molecule has 0 saturated carbocycles. The number of anilines is 1. The first-order chi connectivity index (χ1) is 9.83. The number of benzene rings is 1. The maximum Gasteiger partial charge on any atom is 0.176 e. The predicted molar refractivity (Wildman–Crippen MR) is 87.9 cm³/mol. The molecular weight excluding hydrogens is 264 g/mol. The largest absolute Gasteiger partial charge is 0.495 e. The standard InChI is InChI=1S/C17H28N2O2/c1-12(2)9-19(10-13(3)4)11-16(20)14-6-7-17(21-5)15(18)8-14/h6-8,12-13H,9-11,18H2,1-5H3. The summed E-state index contributed by atoms with van der Waals surface area (Å²) < 4.78 is 5.12. The normalized spacial score (nSPS) is 11.4. The molecule has 0 amide bonds. The van der Waals surface area contributed by atoms with Crippen LogP contribution in [0.5, 0.6) is 5.75 Å². The van der Waals surface area contributed by atoms with E-state index in [4.69, 9.17) is 10.5 Å². The lowest BCUT2D eigenvalue weighted by molar-refractivity contribution is 0.0912. The van der Waals surface area contributed by atoms with Crippen LogP contribution in [0.2, 0.25) is 0 Å². The van der Waals surface area contributed by atoms with E-state index in [9.17, 15) is 4.79 Å². The number of Topliss-reactive ketones (excluding diaryl/α,β-unsaturated/α-hetero) is 1. The summed E-state index contributed by atoms with van der Waals surface area (Å²) >= 11 is 0. The zero-order valence-corrected chi connectivity index (χ0v) is 13.8. The number of nitrogens with two attached hydrogens (primary N) is 1. The fraction of sp³-hybridized carbons (Fsp3) is 0.588. The van der Waals surface area contributed by atoms with Gasteiger partial charge in [-0.15, -0.1) is 0 Å². The van der Waals surface area contributed by atoms with Gasteiger partial charge < -0.3 is 10.5 Å². The summed E-state index contributed by atoms with van der Waals surface area (Å²) in [6, 6.07) is 5.22. The van der Waals surface area contributed by atoms with Gasteiger partial charge in [0.2, 0.25) is 0 Å². The van der Waals surface area contributed by atoms with Crippen LogP contribution < -0.4 is 10.5 Å². The van der Waals surface area contributed by atoms with Crippen LogP contribution in [0.25, 0.3) is 0 Å². The zero-order chi connectivity index (χ0) is 16.0. The number of carbonyl (C=O) groups excluding carboxylic acids is 1. The van der Waals surface area contributed by atoms with Gasteiger partial charge in [-0.25, -0.2) is 0 Å². The van der Waals surface area contributed by atoms with Gasteiger partial charge in [-0.3, -0.25) is 9.69 Å². The Morgan fingerprint density at radius 3 is 2.19 bits per heavy atom. The fourth-order valence-electron chi connectivity index (χ4n) is 2.44. The summed E-state index contributed by atoms with van der Waals surface area (Å²) in [5, 5.41) is 0. The molecule has 21 heavy (non-hydrogen) atoms. The molecule has 0 radical (unpaired) electrons. The first-order valence-corrected chi connectivity index (χ1v) is 7.52. The summed E-state index contributed by atoms with van der Waals surface area (Å²) in [6.07, 6.45) is 0. The Morgan fingerprint density at radius 1 is 1.19 bits per heavy atom. The maximum absolute atomic E-state index is 12.4. The van der Waals surface area contributed by atoms with Crippen molar-refractivity contribution in [3.63, 3.8) is 0 Å². The first-order valence-electron chi connectivity index (χ1n) is 7.52. The highest BCUT2D eigenvalue weighted by Gasteiger charge is 2.16. The van der Waals surface area contributed by atoms with E-state index in [1.54, 1.807) is 25.3 Å². The van der Waals surface area contributed by atoms with Crippen molar-refractivity contribution in [1.82, 2.24) is 4.90 Å². The number of rotatable bonds is 8. The molecule has 2 N–H and O–H groups in total. The van der Waals surface area contributed by atoms with Crippen LogP contribution in [0.3, 0.4) is 0 Å². The predicted octanol–water partition coefficient (Wildman–Crippen LogP) is 3.07.